The van der Waals surface area contributed by atoms with Crippen LogP contribution in [0.15, 0.2) is 24.3 Å². The molecule has 0 aromatic heterocycles. The Hall–Kier alpha value is -1.39. The molecule has 18 heavy (non-hydrogen) atoms. The second kappa shape index (κ2) is 5.50. The highest BCUT2D eigenvalue weighted by Crippen LogP contribution is 2.36. The van der Waals surface area contributed by atoms with E-state index in [4.69, 9.17) is 5.73 Å². The second-order valence-electron chi connectivity index (χ2n) is 4.81. The molecule has 0 fully saturated rings. The van der Waals surface area contributed by atoms with Gasteiger partial charge in [0, 0.05) is 25.7 Å². The number of hydrogen-bond donors (Lipinski definition) is 2. The van der Waals surface area contributed by atoms with Gasteiger partial charge in [0.1, 0.15) is 0 Å². The number of rotatable bonds is 4. The smallest absolute Gasteiger partial charge is 0.236 e. The number of carbonyl (C=O) groups excluding carboxylic acids is 1. The van der Waals surface area contributed by atoms with E-state index in [0.717, 1.165) is 13.0 Å². The van der Waals surface area contributed by atoms with Crippen LogP contribution in [-0.2, 0) is 4.79 Å². The molecular formula is C14H21N3O. The Morgan fingerprint density at radius 2 is 2.11 bits per heavy atom. The van der Waals surface area contributed by atoms with Gasteiger partial charge in [0.2, 0.25) is 5.91 Å². The van der Waals surface area contributed by atoms with Crippen molar-refractivity contribution in [3.63, 3.8) is 0 Å². The standard InChI is InChI=1S/C14H21N3O/c1-3-17(2)14(18)9-16-13-8-12(15)10-6-4-5-7-11(10)13/h4-7,12-13,16H,3,8-9,15H2,1-2H3. The third kappa shape index (κ3) is 2.54. The van der Waals surface area contributed by atoms with Gasteiger partial charge in [-0.2, -0.15) is 0 Å². The van der Waals surface area contributed by atoms with Crippen molar-refractivity contribution in [2.24, 2.45) is 5.73 Å². The molecule has 2 rings (SSSR count). The van der Waals surface area contributed by atoms with Crippen LogP contribution in [0.2, 0.25) is 0 Å². The Morgan fingerprint density at radius 1 is 1.44 bits per heavy atom. The van der Waals surface area contributed by atoms with Gasteiger partial charge in [-0.15, -0.1) is 0 Å². The zero-order chi connectivity index (χ0) is 13.1. The third-order valence-corrected chi connectivity index (χ3v) is 3.66. The minimum atomic E-state index is 0.0812. The second-order valence-corrected chi connectivity index (χ2v) is 4.81. The number of nitrogens with two attached hydrogens (primary N) is 1. The average molecular weight is 247 g/mol. The SMILES string of the molecule is CCN(C)C(=O)CNC1CC(N)c2ccccc21. The minimum absolute atomic E-state index is 0.0812. The van der Waals surface area contributed by atoms with Crippen LogP contribution in [0.3, 0.4) is 0 Å². The van der Waals surface area contributed by atoms with Gasteiger partial charge >= 0.3 is 0 Å². The first-order valence-electron chi connectivity index (χ1n) is 6.45. The van der Waals surface area contributed by atoms with Crippen molar-refractivity contribution in [3.8, 4) is 0 Å². The Labute approximate surface area is 108 Å². The number of likely N-dealkylation sites (N-methyl/N-ethyl adjacent to an activating group) is 1. The fourth-order valence-corrected chi connectivity index (χ4v) is 2.39. The molecule has 0 heterocycles. The molecule has 3 N–H and O–H groups in total. The van der Waals surface area contributed by atoms with Crippen LogP contribution in [-0.4, -0.2) is 30.9 Å². The van der Waals surface area contributed by atoms with E-state index < -0.39 is 0 Å². The maximum Gasteiger partial charge on any atom is 0.236 e. The van der Waals surface area contributed by atoms with Gasteiger partial charge in [-0.05, 0) is 24.5 Å². The van der Waals surface area contributed by atoms with E-state index in [1.165, 1.54) is 11.1 Å². The van der Waals surface area contributed by atoms with Crippen molar-refractivity contribution in [3.05, 3.63) is 35.4 Å². The first-order valence-corrected chi connectivity index (χ1v) is 6.45. The van der Waals surface area contributed by atoms with Crippen molar-refractivity contribution >= 4 is 5.91 Å². The van der Waals surface area contributed by atoms with E-state index in [1.807, 2.05) is 26.1 Å². The van der Waals surface area contributed by atoms with Gasteiger partial charge in [-0.1, -0.05) is 24.3 Å². The van der Waals surface area contributed by atoms with Gasteiger partial charge in [-0.3, -0.25) is 4.79 Å². The minimum Gasteiger partial charge on any atom is -0.345 e. The summed E-state index contributed by atoms with van der Waals surface area (Å²) in [6, 6.07) is 8.47. The lowest BCUT2D eigenvalue weighted by Gasteiger charge is -2.18. The summed E-state index contributed by atoms with van der Waals surface area (Å²) >= 11 is 0. The zero-order valence-electron chi connectivity index (χ0n) is 11.0. The van der Waals surface area contributed by atoms with Crippen LogP contribution in [0.5, 0.6) is 0 Å². The topological polar surface area (TPSA) is 58.4 Å². The van der Waals surface area contributed by atoms with Gasteiger partial charge in [-0.25, -0.2) is 0 Å². The molecule has 0 radical (unpaired) electrons. The molecule has 1 aromatic rings. The molecule has 4 heteroatoms. The molecule has 0 saturated heterocycles. The molecular weight excluding hydrogens is 226 g/mol. The van der Waals surface area contributed by atoms with Crippen LogP contribution in [0.4, 0.5) is 0 Å². The largest absolute Gasteiger partial charge is 0.345 e. The van der Waals surface area contributed by atoms with E-state index in [2.05, 4.69) is 17.4 Å². The summed E-state index contributed by atoms with van der Waals surface area (Å²) in [5.74, 6) is 0.121. The quantitative estimate of drug-likeness (QED) is 0.840. The van der Waals surface area contributed by atoms with Gasteiger partial charge in [0.15, 0.2) is 0 Å². The maximum atomic E-state index is 11.8. The molecule has 2 atom stereocenters. The fourth-order valence-electron chi connectivity index (χ4n) is 2.39. The highest BCUT2D eigenvalue weighted by atomic mass is 16.2. The number of carbonyl (C=O) groups is 1. The van der Waals surface area contributed by atoms with Crippen molar-refractivity contribution in [1.29, 1.82) is 0 Å². The summed E-state index contributed by atoms with van der Waals surface area (Å²) in [6.07, 6.45) is 0.864. The molecule has 4 nitrogen and oxygen atoms in total. The molecule has 1 aromatic carbocycles. The van der Waals surface area contributed by atoms with Gasteiger partial charge in [0.05, 0.1) is 6.54 Å². The Balaban J connectivity index is 1.98. The van der Waals surface area contributed by atoms with Crippen LogP contribution >= 0.6 is 0 Å². The number of nitrogens with one attached hydrogen (secondary N) is 1. The van der Waals surface area contributed by atoms with Gasteiger partial charge < -0.3 is 16.0 Å². The lowest BCUT2D eigenvalue weighted by molar-refractivity contribution is -0.128. The predicted octanol–water partition coefficient (Wildman–Crippen LogP) is 1.20. The molecule has 1 aliphatic rings. The number of fused-ring (bicyclic) bond motifs is 1. The molecule has 98 valence electrons. The van der Waals surface area contributed by atoms with Gasteiger partial charge in [0.25, 0.3) is 0 Å². The highest BCUT2D eigenvalue weighted by molar-refractivity contribution is 5.78. The monoisotopic (exact) mass is 247 g/mol. The van der Waals surface area contributed by atoms with Crippen molar-refractivity contribution in [2.45, 2.75) is 25.4 Å². The molecule has 2 unspecified atom stereocenters. The average Bonchev–Trinajstić information content (AvgIpc) is 2.72. The van der Waals surface area contributed by atoms with Crippen molar-refractivity contribution in [2.75, 3.05) is 20.1 Å². The molecule has 1 amide bonds. The fraction of sp³-hybridized carbons (Fsp3) is 0.500. The first kappa shape index (κ1) is 13.1. The van der Waals surface area contributed by atoms with E-state index in [1.54, 1.807) is 4.90 Å². The zero-order valence-corrected chi connectivity index (χ0v) is 11.0. The summed E-state index contributed by atoms with van der Waals surface area (Å²) in [5.41, 5.74) is 8.53. The summed E-state index contributed by atoms with van der Waals surface area (Å²) in [6.45, 7) is 3.08. The number of benzene rings is 1. The Kier molecular flexibility index (Phi) is 3.99. The highest BCUT2D eigenvalue weighted by Gasteiger charge is 2.28. The summed E-state index contributed by atoms with van der Waals surface area (Å²) in [7, 11) is 1.82. The first-order chi connectivity index (χ1) is 8.63. The summed E-state index contributed by atoms with van der Waals surface area (Å²) < 4.78 is 0. The normalized spacial score (nSPS) is 21.7. The van der Waals surface area contributed by atoms with E-state index in [0.29, 0.717) is 6.54 Å². The van der Waals surface area contributed by atoms with Crippen molar-refractivity contribution < 1.29 is 4.79 Å². The van der Waals surface area contributed by atoms with Crippen molar-refractivity contribution in [1.82, 2.24) is 10.2 Å². The van der Waals surface area contributed by atoms with Crippen LogP contribution < -0.4 is 11.1 Å². The number of nitrogens with zero attached hydrogens (tertiary/aromatic N) is 1. The molecule has 0 saturated carbocycles. The Morgan fingerprint density at radius 3 is 2.78 bits per heavy atom. The lowest BCUT2D eigenvalue weighted by Crippen LogP contribution is -2.36. The predicted molar refractivity (Wildman–Crippen MR) is 72.0 cm³/mol. The number of hydrogen-bond acceptors (Lipinski definition) is 3. The molecule has 0 spiro atoms. The van der Waals surface area contributed by atoms with E-state index in [-0.39, 0.29) is 18.0 Å². The number of amides is 1. The maximum absolute atomic E-state index is 11.8. The molecule has 0 aliphatic heterocycles. The van der Waals surface area contributed by atoms with E-state index in [9.17, 15) is 4.79 Å². The van der Waals surface area contributed by atoms with Crippen LogP contribution in [0.1, 0.15) is 36.6 Å². The third-order valence-electron chi connectivity index (χ3n) is 3.66. The van der Waals surface area contributed by atoms with Crippen LogP contribution in [0, 0.1) is 0 Å². The lowest BCUT2D eigenvalue weighted by atomic mass is 10.1. The Bertz CT molecular complexity index is 433. The van der Waals surface area contributed by atoms with Crippen LogP contribution in [0.25, 0.3) is 0 Å². The molecule has 1 aliphatic carbocycles. The van der Waals surface area contributed by atoms with E-state index >= 15 is 0 Å². The summed E-state index contributed by atoms with van der Waals surface area (Å²) in [4.78, 5) is 13.5. The molecule has 0 bridgehead atoms. The summed E-state index contributed by atoms with van der Waals surface area (Å²) in [5, 5.41) is 3.31.